The Kier molecular flexibility index (Phi) is 7.25. The molecule has 0 aromatic heterocycles. The van der Waals surface area contributed by atoms with E-state index in [-0.39, 0.29) is 0 Å². The predicted octanol–water partition coefficient (Wildman–Crippen LogP) is 4.97. The third-order valence-corrected chi connectivity index (χ3v) is 3.32. The van der Waals surface area contributed by atoms with Crippen molar-refractivity contribution >= 4 is 23.4 Å². The molecule has 0 aliphatic heterocycles. The summed E-state index contributed by atoms with van der Waals surface area (Å²) in [4.78, 5) is 0. The molecule has 2 aromatic carbocycles. The average molecular weight is 278 g/mol. The van der Waals surface area contributed by atoms with Gasteiger partial charge in [0.1, 0.15) is 0 Å². The van der Waals surface area contributed by atoms with Gasteiger partial charge in [0.25, 0.3) is 0 Å². The first-order valence-corrected chi connectivity index (χ1v) is 7.56. The summed E-state index contributed by atoms with van der Waals surface area (Å²) in [6.45, 7) is 12.3. The lowest BCUT2D eigenvalue weighted by Gasteiger charge is -1.97. The molecule has 0 heterocycles. The van der Waals surface area contributed by atoms with Crippen molar-refractivity contribution in [2.45, 2.75) is 34.1 Å². The van der Waals surface area contributed by atoms with Crippen LogP contribution in [-0.4, -0.2) is 0 Å². The number of allylic oxidation sites excluding steroid dienone is 4. The highest BCUT2D eigenvalue weighted by atomic mass is 14.0. The highest BCUT2D eigenvalue weighted by Crippen LogP contribution is 2.05. The molecule has 0 unspecified atom stereocenters. The van der Waals surface area contributed by atoms with E-state index >= 15 is 0 Å². The molecule has 0 aliphatic carbocycles. The van der Waals surface area contributed by atoms with E-state index < -0.39 is 0 Å². The minimum atomic E-state index is 1.07. The molecule has 0 aliphatic rings. The lowest BCUT2D eigenvalue weighted by atomic mass is 10.1. The lowest BCUT2D eigenvalue weighted by molar-refractivity contribution is 1.29. The molecule has 0 fully saturated rings. The van der Waals surface area contributed by atoms with E-state index in [0.717, 1.165) is 11.6 Å². The predicted molar refractivity (Wildman–Crippen MR) is 97.7 cm³/mol. The van der Waals surface area contributed by atoms with E-state index in [1.54, 1.807) is 0 Å². The van der Waals surface area contributed by atoms with Crippen molar-refractivity contribution in [3.63, 3.8) is 0 Å². The monoisotopic (exact) mass is 278 g/mol. The van der Waals surface area contributed by atoms with Gasteiger partial charge in [0, 0.05) is 0 Å². The lowest BCUT2D eigenvalue weighted by Crippen LogP contribution is -2.04. The summed E-state index contributed by atoms with van der Waals surface area (Å²) in [7, 11) is 0. The van der Waals surface area contributed by atoms with E-state index in [1.807, 2.05) is 26.0 Å². The summed E-state index contributed by atoms with van der Waals surface area (Å²) in [5.74, 6) is 0. The van der Waals surface area contributed by atoms with Crippen molar-refractivity contribution in [2.75, 3.05) is 0 Å². The van der Waals surface area contributed by atoms with Crippen molar-refractivity contribution < 1.29 is 0 Å². The third kappa shape index (κ3) is 5.43. The summed E-state index contributed by atoms with van der Waals surface area (Å²) in [5, 5.41) is 4.92. The molecule has 0 nitrogen and oxygen atoms in total. The van der Waals surface area contributed by atoms with Gasteiger partial charge >= 0.3 is 0 Å². The van der Waals surface area contributed by atoms with E-state index in [9.17, 15) is 0 Å². The minimum Gasteiger partial charge on any atom is -0.0911 e. The fraction of sp³-hybridized carbons (Fsp3) is 0.238. The van der Waals surface area contributed by atoms with Crippen LogP contribution >= 0.6 is 0 Å². The van der Waals surface area contributed by atoms with Crippen molar-refractivity contribution in [1.82, 2.24) is 0 Å². The van der Waals surface area contributed by atoms with Gasteiger partial charge in [0.05, 0.1) is 0 Å². The molecule has 110 valence electrons. The molecule has 2 aromatic rings. The van der Waals surface area contributed by atoms with Gasteiger partial charge in [0.2, 0.25) is 0 Å². The first kappa shape index (κ1) is 17.0. The summed E-state index contributed by atoms with van der Waals surface area (Å²) < 4.78 is 0. The number of hydrogen-bond acceptors (Lipinski definition) is 0. The zero-order valence-electron chi connectivity index (χ0n) is 13.7. The van der Waals surface area contributed by atoms with Gasteiger partial charge in [-0.2, -0.15) is 0 Å². The largest absolute Gasteiger partial charge is 0.0911 e. The Morgan fingerprint density at radius 3 is 2.48 bits per heavy atom. The molecule has 21 heavy (non-hydrogen) atoms. The fourth-order valence-corrected chi connectivity index (χ4v) is 2.08. The highest BCUT2D eigenvalue weighted by molar-refractivity contribution is 5.83. The molecule has 0 N–H and O–H groups in total. The highest BCUT2D eigenvalue weighted by Gasteiger charge is 1.91. The second-order valence-electron chi connectivity index (χ2n) is 5.04. The Hall–Kier alpha value is -2.08. The molecule has 0 heteroatoms. The molecule has 0 radical (unpaired) electrons. The Balaban J connectivity index is 0.000000270. The van der Waals surface area contributed by atoms with Crippen LogP contribution in [-0.2, 0) is 0 Å². The van der Waals surface area contributed by atoms with Crippen LogP contribution in [0.2, 0.25) is 0 Å². The topological polar surface area (TPSA) is 0 Å². The van der Waals surface area contributed by atoms with Crippen molar-refractivity contribution in [1.29, 1.82) is 0 Å². The summed E-state index contributed by atoms with van der Waals surface area (Å²) in [6.07, 6.45) is 9.51. The van der Waals surface area contributed by atoms with Crippen LogP contribution in [0.15, 0.2) is 60.2 Å². The summed E-state index contributed by atoms with van der Waals surface area (Å²) in [5.41, 5.74) is 1.32. The maximum absolute atomic E-state index is 4.04. The fourth-order valence-electron chi connectivity index (χ4n) is 2.08. The van der Waals surface area contributed by atoms with Gasteiger partial charge in [-0.1, -0.05) is 73.7 Å². The van der Waals surface area contributed by atoms with Crippen molar-refractivity contribution in [2.24, 2.45) is 0 Å². The van der Waals surface area contributed by atoms with Crippen LogP contribution in [0.3, 0.4) is 0 Å². The molecule has 0 amide bonds. The van der Waals surface area contributed by atoms with Gasteiger partial charge in [-0.3, -0.25) is 0 Å². The smallest absolute Gasteiger partial charge is 0.0112 e. The molecule has 0 atom stereocenters. The minimum absolute atomic E-state index is 1.07. The van der Waals surface area contributed by atoms with Crippen LogP contribution in [0.25, 0.3) is 23.4 Å². The molecular formula is C21H26. The maximum atomic E-state index is 4.04. The normalized spacial score (nSPS) is 12.6. The van der Waals surface area contributed by atoms with Gasteiger partial charge in [-0.05, 0) is 54.5 Å². The number of rotatable bonds is 2. The first-order chi connectivity index (χ1) is 10.1. The van der Waals surface area contributed by atoms with Crippen LogP contribution < -0.4 is 10.4 Å². The first-order valence-electron chi connectivity index (χ1n) is 7.56. The second-order valence-corrected chi connectivity index (χ2v) is 5.04. The second kappa shape index (κ2) is 8.97. The molecule has 0 saturated heterocycles. The zero-order chi connectivity index (χ0) is 15.7. The van der Waals surface area contributed by atoms with E-state index in [1.165, 1.54) is 21.6 Å². The number of fused-ring (bicyclic) bond motifs is 1. The molecule has 0 saturated carbocycles. The standard InChI is InChI=1S/C14H14.C7H12/c1-3-5-12-8-9-13-7-4-6-11(2)14(13)10-12;1-4-6-7(3)5-2/h4-10H,2-3H2,1H3;4-6H,1-3H3/b12-5-;6-4-,7-5+. The number of hydrogen-bond donors (Lipinski definition) is 0. The molecule has 0 bridgehead atoms. The molecule has 0 spiro atoms. The Morgan fingerprint density at radius 2 is 1.90 bits per heavy atom. The van der Waals surface area contributed by atoms with Gasteiger partial charge in [-0.15, -0.1) is 0 Å². The van der Waals surface area contributed by atoms with Crippen LogP contribution in [0.4, 0.5) is 0 Å². The van der Waals surface area contributed by atoms with E-state index in [0.29, 0.717) is 0 Å². The van der Waals surface area contributed by atoms with Crippen LogP contribution in [0, 0.1) is 0 Å². The van der Waals surface area contributed by atoms with Gasteiger partial charge in [0.15, 0.2) is 0 Å². The summed E-state index contributed by atoms with van der Waals surface area (Å²) >= 11 is 0. The third-order valence-electron chi connectivity index (χ3n) is 3.32. The Bertz CT molecular complexity index is 730. The average Bonchev–Trinajstić information content (AvgIpc) is 2.49. The van der Waals surface area contributed by atoms with Crippen LogP contribution in [0.5, 0.6) is 0 Å². The SMILES string of the molecule is C/C=C\C(C)=C\C.C=c1cccc2cc/c(=C/CC)cc12. The number of benzene rings is 2. The van der Waals surface area contributed by atoms with Crippen molar-refractivity contribution in [3.05, 3.63) is 70.6 Å². The van der Waals surface area contributed by atoms with Gasteiger partial charge in [-0.25, -0.2) is 0 Å². The van der Waals surface area contributed by atoms with Gasteiger partial charge < -0.3 is 0 Å². The molecular weight excluding hydrogens is 252 g/mol. The molecule has 2 rings (SSSR count). The zero-order valence-corrected chi connectivity index (χ0v) is 13.7. The maximum Gasteiger partial charge on any atom is -0.0112 e. The van der Waals surface area contributed by atoms with Crippen LogP contribution in [0.1, 0.15) is 34.1 Å². The Morgan fingerprint density at radius 1 is 1.14 bits per heavy atom. The quantitative estimate of drug-likeness (QED) is 0.680. The van der Waals surface area contributed by atoms with Crippen molar-refractivity contribution in [3.8, 4) is 0 Å². The van der Waals surface area contributed by atoms with E-state index in [2.05, 4.69) is 69.0 Å². The van der Waals surface area contributed by atoms with E-state index in [4.69, 9.17) is 0 Å². The Labute approximate surface area is 128 Å². The summed E-state index contributed by atoms with van der Waals surface area (Å²) in [6, 6.07) is 12.8.